The zero-order valence-corrected chi connectivity index (χ0v) is 12.4. The van der Waals surface area contributed by atoms with Crippen LogP contribution in [-0.4, -0.2) is 25.7 Å². The van der Waals surface area contributed by atoms with E-state index in [1.807, 2.05) is 18.2 Å². The molecule has 0 spiro atoms. The minimum absolute atomic E-state index is 0.213. The van der Waals surface area contributed by atoms with E-state index < -0.39 is 0 Å². The van der Waals surface area contributed by atoms with Crippen molar-refractivity contribution in [1.29, 1.82) is 0 Å². The van der Waals surface area contributed by atoms with Crippen LogP contribution in [0, 0.1) is 0 Å². The molecule has 0 heterocycles. The summed E-state index contributed by atoms with van der Waals surface area (Å²) in [5.74, 6) is 0.575. The van der Waals surface area contributed by atoms with Crippen molar-refractivity contribution < 1.29 is 14.3 Å². The van der Waals surface area contributed by atoms with Crippen molar-refractivity contribution in [2.45, 2.75) is 38.3 Å². The minimum Gasteiger partial charge on any atom is -0.493 e. The first-order valence-electron chi connectivity index (χ1n) is 6.91. The van der Waals surface area contributed by atoms with Crippen molar-refractivity contribution >= 4 is 17.6 Å². The second kappa shape index (κ2) is 7.50. The molecule has 0 unspecified atom stereocenters. The van der Waals surface area contributed by atoms with Crippen molar-refractivity contribution in [2.75, 3.05) is 13.7 Å². The van der Waals surface area contributed by atoms with Crippen molar-refractivity contribution in [1.82, 2.24) is 5.32 Å². The SMILES string of the molecule is COC(=O)CCCOc1cccc(Cl)c1CNC1CC1. The van der Waals surface area contributed by atoms with Gasteiger partial charge in [0.05, 0.1) is 13.7 Å². The maximum atomic E-state index is 11.0. The van der Waals surface area contributed by atoms with Gasteiger partial charge in [0, 0.05) is 29.6 Å². The first-order valence-corrected chi connectivity index (χ1v) is 7.29. The molecule has 1 aliphatic rings. The number of benzene rings is 1. The minimum atomic E-state index is -0.213. The van der Waals surface area contributed by atoms with Gasteiger partial charge in [0.15, 0.2) is 0 Å². The van der Waals surface area contributed by atoms with Crippen LogP contribution in [-0.2, 0) is 16.1 Å². The van der Waals surface area contributed by atoms with E-state index in [0.29, 0.717) is 30.5 Å². The van der Waals surface area contributed by atoms with Crippen molar-refractivity contribution in [3.8, 4) is 5.75 Å². The van der Waals surface area contributed by atoms with Gasteiger partial charge in [0.25, 0.3) is 0 Å². The molecular weight excluding hydrogens is 278 g/mol. The molecule has 1 N–H and O–H groups in total. The van der Waals surface area contributed by atoms with E-state index >= 15 is 0 Å². The maximum Gasteiger partial charge on any atom is 0.305 e. The van der Waals surface area contributed by atoms with Crippen LogP contribution in [0.5, 0.6) is 5.75 Å². The second-order valence-corrected chi connectivity index (χ2v) is 5.31. The molecule has 0 aromatic heterocycles. The number of nitrogens with one attached hydrogen (secondary N) is 1. The lowest BCUT2D eigenvalue weighted by Gasteiger charge is -2.13. The highest BCUT2D eigenvalue weighted by Crippen LogP contribution is 2.28. The molecule has 0 atom stereocenters. The summed E-state index contributed by atoms with van der Waals surface area (Å²) in [5.41, 5.74) is 0.985. The Balaban J connectivity index is 1.85. The zero-order chi connectivity index (χ0) is 14.4. The zero-order valence-electron chi connectivity index (χ0n) is 11.7. The first kappa shape index (κ1) is 15.1. The quantitative estimate of drug-likeness (QED) is 0.592. The lowest BCUT2D eigenvalue weighted by molar-refractivity contribution is -0.140. The number of hydrogen-bond acceptors (Lipinski definition) is 4. The van der Waals surface area contributed by atoms with Crippen LogP contribution in [0.25, 0.3) is 0 Å². The third-order valence-corrected chi connectivity index (χ3v) is 3.59. The third kappa shape index (κ3) is 4.69. The molecule has 1 fully saturated rings. The van der Waals surface area contributed by atoms with Gasteiger partial charge < -0.3 is 14.8 Å². The fourth-order valence-corrected chi connectivity index (χ4v) is 2.11. The fourth-order valence-electron chi connectivity index (χ4n) is 1.88. The van der Waals surface area contributed by atoms with E-state index in [1.165, 1.54) is 20.0 Å². The van der Waals surface area contributed by atoms with E-state index in [1.54, 1.807) is 0 Å². The Morgan fingerprint density at radius 3 is 2.95 bits per heavy atom. The highest BCUT2D eigenvalue weighted by molar-refractivity contribution is 6.31. The Labute approximate surface area is 124 Å². The summed E-state index contributed by atoms with van der Waals surface area (Å²) >= 11 is 6.22. The normalized spacial score (nSPS) is 14.1. The second-order valence-electron chi connectivity index (χ2n) is 4.90. The monoisotopic (exact) mass is 297 g/mol. The predicted octanol–water partition coefficient (Wildman–Crippen LogP) is 2.92. The smallest absolute Gasteiger partial charge is 0.305 e. The van der Waals surface area contributed by atoms with Crippen molar-refractivity contribution in [3.63, 3.8) is 0 Å². The van der Waals surface area contributed by atoms with Crippen LogP contribution in [0.1, 0.15) is 31.2 Å². The van der Waals surface area contributed by atoms with E-state index in [-0.39, 0.29) is 5.97 Å². The molecule has 0 aliphatic heterocycles. The molecule has 20 heavy (non-hydrogen) atoms. The number of carbonyl (C=O) groups is 1. The molecule has 5 heteroatoms. The van der Waals surface area contributed by atoms with Gasteiger partial charge in [-0.25, -0.2) is 0 Å². The molecule has 0 amide bonds. The predicted molar refractivity (Wildman–Crippen MR) is 78.1 cm³/mol. The molecule has 110 valence electrons. The maximum absolute atomic E-state index is 11.0. The van der Waals surface area contributed by atoms with Crippen LogP contribution in [0.4, 0.5) is 0 Å². The van der Waals surface area contributed by atoms with Crippen LogP contribution < -0.4 is 10.1 Å². The van der Waals surface area contributed by atoms with Gasteiger partial charge in [-0.3, -0.25) is 4.79 Å². The summed E-state index contributed by atoms with van der Waals surface area (Å²) in [6, 6.07) is 6.28. The Morgan fingerprint density at radius 2 is 2.25 bits per heavy atom. The molecule has 0 saturated heterocycles. The lowest BCUT2D eigenvalue weighted by atomic mass is 10.2. The van der Waals surface area contributed by atoms with Crippen LogP contribution >= 0.6 is 11.6 Å². The number of ether oxygens (including phenoxy) is 2. The summed E-state index contributed by atoms with van der Waals surface area (Å²) in [7, 11) is 1.39. The van der Waals surface area contributed by atoms with Crippen LogP contribution in [0.15, 0.2) is 18.2 Å². The van der Waals surface area contributed by atoms with Gasteiger partial charge in [-0.05, 0) is 31.4 Å². The van der Waals surface area contributed by atoms with Gasteiger partial charge >= 0.3 is 5.97 Å². The average Bonchev–Trinajstić information content (AvgIpc) is 3.26. The third-order valence-electron chi connectivity index (χ3n) is 3.23. The molecule has 4 nitrogen and oxygen atoms in total. The number of esters is 1. The first-order chi connectivity index (χ1) is 9.70. The summed E-state index contributed by atoms with van der Waals surface area (Å²) in [6.45, 7) is 1.20. The van der Waals surface area contributed by atoms with Crippen molar-refractivity contribution in [2.24, 2.45) is 0 Å². The van der Waals surface area contributed by atoms with Gasteiger partial charge in [-0.1, -0.05) is 17.7 Å². The molecule has 1 aliphatic carbocycles. The van der Waals surface area contributed by atoms with Gasteiger partial charge in [-0.2, -0.15) is 0 Å². The van der Waals surface area contributed by atoms with E-state index in [0.717, 1.165) is 17.9 Å². The average molecular weight is 298 g/mol. The number of hydrogen-bond donors (Lipinski definition) is 1. The summed E-state index contributed by atoms with van der Waals surface area (Å²) in [5, 5.41) is 4.15. The summed E-state index contributed by atoms with van der Waals surface area (Å²) < 4.78 is 10.3. The largest absolute Gasteiger partial charge is 0.493 e. The Morgan fingerprint density at radius 1 is 1.45 bits per heavy atom. The molecule has 2 rings (SSSR count). The summed E-state index contributed by atoms with van der Waals surface area (Å²) in [4.78, 5) is 11.0. The fraction of sp³-hybridized carbons (Fsp3) is 0.533. The van der Waals surface area contributed by atoms with E-state index in [4.69, 9.17) is 16.3 Å². The lowest BCUT2D eigenvalue weighted by Crippen LogP contribution is -2.16. The standard InChI is InChI=1S/C15H20ClNO3/c1-19-15(18)6-3-9-20-14-5-2-4-13(16)12(14)10-17-11-7-8-11/h2,4-5,11,17H,3,6-10H2,1H3. The van der Waals surface area contributed by atoms with E-state index in [9.17, 15) is 4.79 Å². The molecule has 0 bridgehead atoms. The topological polar surface area (TPSA) is 47.6 Å². The Bertz CT molecular complexity index is 460. The molecule has 0 radical (unpaired) electrons. The van der Waals surface area contributed by atoms with Gasteiger partial charge in [0.2, 0.25) is 0 Å². The molecular formula is C15H20ClNO3. The van der Waals surface area contributed by atoms with Crippen LogP contribution in [0.3, 0.4) is 0 Å². The van der Waals surface area contributed by atoms with Crippen molar-refractivity contribution in [3.05, 3.63) is 28.8 Å². The Hall–Kier alpha value is -1.26. The molecule has 1 saturated carbocycles. The van der Waals surface area contributed by atoms with Gasteiger partial charge in [0.1, 0.15) is 5.75 Å². The number of halogens is 1. The highest BCUT2D eigenvalue weighted by atomic mass is 35.5. The van der Waals surface area contributed by atoms with Crippen LogP contribution in [0.2, 0.25) is 5.02 Å². The number of methoxy groups -OCH3 is 1. The number of carbonyl (C=O) groups excluding carboxylic acids is 1. The number of rotatable bonds is 8. The van der Waals surface area contributed by atoms with E-state index in [2.05, 4.69) is 10.1 Å². The molecule has 1 aromatic carbocycles. The molecule has 1 aromatic rings. The highest BCUT2D eigenvalue weighted by Gasteiger charge is 2.21. The summed E-state index contributed by atoms with van der Waals surface area (Å²) in [6.07, 6.45) is 3.47. The Kier molecular flexibility index (Phi) is 5.68. The van der Waals surface area contributed by atoms with Gasteiger partial charge in [-0.15, -0.1) is 0 Å².